The van der Waals surface area contributed by atoms with E-state index in [4.69, 9.17) is 0 Å². The van der Waals surface area contributed by atoms with Gasteiger partial charge in [0.15, 0.2) is 5.16 Å². The van der Waals surface area contributed by atoms with Gasteiger partial charge in [-0.2, -0.15) is 0 Å². The fourth-order valence-corrected chi connectivity index (χ4v) is 4.60. The summed E-state index contributed by atoms with van der Waals surface area (Å²) < 4.78 is 6.25. The molecular weight excluding hydrogens is 398 g/mol. The van der Waals surface area contributed by atoms with Gasteiger partial charge in [0.2, 0.25) is 5.91 Å². The molecular formula is C19H27N3O4S2. The number of fused-ring (bicyclic) bond motifs is 1. The Kier molecular flexibility index (Phi) is 8.06. The number of carbonyl (C=O) groups excluding carboxylic acids is 2. The van der Waals surface area contributed by atoms with Gasteiger partial charge in [0, 0.05) is 24.4 Å². The highest BCUT2D eigenvalue weighted by Gasteiger charge is 2.18. The highest BCUT2D eigenvalue weighted by Crippen LogP contribution is 2.28. The number of thioether (sulfide) groups is 1. The third-order valence-corrected chi connectivity index (χ3v) is 6.32. The summed E-state index contributed by atoms with van der Waals surface area (Å²) in [6.45, 7) is 8.99. The number of aryl methyl sites for hydroxylation is 2. The van der Waals surface area contributed by atoms with Crippen molar-refractivity contribution in [1.82, 2.24) is 14.9 Å². The van der Waals surface area contributed by atoms with Gasteiger partial charge in [0.05, 0.1) is 18.2 Å². The fourth-order valence-electron chi connectivity index (χ4n) is 2.69. The molecule has 2 aromatic heterocycles. The molecule has 0 fully saturated rings. The topological polar surface area (TPSA) is 90.3 Å². The van der Waals surface area contributed by atoms with Crippen molar-refractivity contribution in [2.45, 2.75) is 52.2 Å². The molecule has 0 spiro atoms. The summed E-state index contributed by atoms with van der Waals surface area (Å²) in [6, 6.07) is 0. The second kappa shape index (κ2) is 10.1. The smallest absolute Gasteiger partial charge is 0.305 e. The van der Waals surface area contributed by atoms with Crippen LogP contribution in [0.25, 0.3) is 10.2 Å². The van der Waals surface area contributed by atoms with Gasteiger partial charge < -0.3 is 10.1 Å². The lowest BCUT2D eigenvalue weighted by atomic mass is 10.2. The molecule has 0 aromatic carbocycles. The molecule has 0 radical (unpaired) electrons. The first kappa shape index (κ1) is 22.4. The third kappa shape index (κ3) is 5.57. The standard InChI is InChI=1S/C19H27N3O4S2/c1-11(2)9-22-18(25)16-12(3)13(4)28-17(16)21-19(22)27-10-14(23)20-8-6-7-15(24)26-5/h11H,6-10H2,1-5H3,(H,20,23). The van der Waals surface area contributed by atoms with E-state index in [2.05, 4.69) is 15.0 Å². The van der Waals surface area contributed by atoms with Crippen molar-refractivity contribution in [2.24, 2.45) is 5.92 Å². The Hall–Kier alpha value is -1.87. The van der Waals surface area contributed by atoms with Crippen LogP contribution in [0.1, 0.15) is 37.1 Å². The van der Waals surface area contributed by atoms with E-state index in [1.807, 2.05) is 27.7 Å². The van der Waals surface area contributed by atoms with Crippen molar-refractivity contribution in [2.75, 3.05) is 19.4 Å². The van der Waals surface area contributed by atoms with Gasteiger partial charge in [-0.3, -0.25) is 19.0 Å². The molecule has 0 saturated heterocycles. The zero-order chi connectivity index (χ0) is 20.8. The van der Waals surface area contributed by atoms with Crippen LogP contribution in [-0.2, 0) is 20.9 Å². The van der Waals surface area contributed by atoms with Crippen LogP contribution in [0.3, 0.4) is 0 Å². The minimum absolute atomic E-state index is 0.0402. The summed E-state index contributed by atoms with van der Waals surface area (Å²) in [6.07, 6.45) is 0.798. The molecule has 0 aliphatic rings. The normalized spacial score (nSPS) is 11.2. The first-order chi connectivity index (χ1) is 13.2. The predicted octanol–water partition coefficient (Wildman–Crippen LogP) is 2.89. The Morgan fingerprint density at radius 3 is 2.68 bits per heavy atom. The molecule has 0 aliphatic heterocycles. The highest BCUT2D eigenvalue weighted by molar-refractivity contribution is 7.99. The van der Waals surface area contributed by atoms with Crippen molar-refractivity contribution in [3.8, 4) is 0 Å². The Labute approximate surface area is 172 Å². The van der Waals surface area contributed by atoms with Crippen LogP contribution in [-0.4, -0.2) is 40.8 Å². The number of hydrogen-bond acceptors (Lipinski definition) is 7. The van der Waals surface area contributed by atoms with Gasteiger partial charge in [-0.05, 0) is 31.7 Å². The fraction of sp³-hybridized carbons (Fsp3) is 0.579. The molecule has 0 atom stereocenters. The first-order valence-electron chi connectivity index (χ1n) is 9.21. The van der Waals surface area contributed by atoms with Crippen molar-refractivity contribution in [3.63, 3.8) is 0 Å². The summed E-state index contributed by atoms with van der Waals surface area (Å²) in [5.74, 6) is 0.000125. The molecule has 0 bridgehead atoms. The highest BCUT2D eigenvalue weighted by atomic mass is 32.2. The van der Waals surface area contributed by atoms with E-state index in [1.54, 1.807) is 4.57 Å². The Morgan fingerprint density at radius 1 is 1.32 bits per heavy atom. The molecule has 7 nitrogen and oxygen atoms in total. The largest absolute Gasteiger partial charge is 0.469 e. The molecule has 2 rings (SSSR count). The van der Waals surface area contributed by atoms with E-state index in [0.29, 0.717) is 30.1 Å². The van der Waals surface area contributed by atoms with Crippen LogP contribution in [0.5, 0.6) is 0 Å². The van der Waals surface area contributed by atoms with Gasteiger partial charge >= 0.3 is 5.97 Å². The number of ether oxygens (including phenoxy) is 1. The molecule has 154 valence electrons. The quantitative estimate of drug-likeness (QED) is 0.288. The predicted molar refractivity (Wildman–Crippen MR) is 113 cm³/mol. The maximum atomic E-state index is 13.0. The molecule has 9 heteroatoms. The van der Waals surface area contributed by atoms with Crippen LogP contribution in [0.15, 0.2) is 9.95 Å². The number of esters is 1. The lowest BCUT2D eigenvalue weighted by molar-refractivity contribution is -0.140. The number of amides is 1. The number of rotatable bonds is 9. The van der Waals surface area contributed by atoms with E-state index < -0.39 is 0 Å². The molecule has 0 unspecified atom stereocenters. The molecule has 1 N–H and O–H groups in total. The van der Waals surface area contributed by atoms with Crippen LogP contribution >= 0.6 is 23.1 Å². The lowest BCUT2D eigenvalue weighted by Crippen LogP contribution is -2.28. The lowest BCUT2D eigenvalue weighted by Gasteiger charge is -2.14. The van der Waals surface area contributed by atoms with Crippen LogP contribution in [0.2, 0.25) is 0 Å². The van der Waals surface area contributed by atoms with Gasteiger partial charge in [0.1, 0.15) is 4.83 Å². The van der Waals surface area contributed by atoms with Crippen LogP contribution in [0.4, 0.5) is 0 Å². The van der Waals surface area contributed by atoms with Crippen molar-refractivity contribution in [1.29, 1.82) is 0 Å². The maximum absolute atomic E-state index is 13.0. The van der Waals surface area contributed by atoms with Crippen LogP contribution < -0.4 is 10.9 Å². The van der Waals surface area contributed by atoms with Crippen LogP contribution in [0, 0.1) is 19.8 Å². The number of nitrogens with one attached hydrogen (secondary N) is 1. The zero-order valence-electron chi connectivity index (χ0n) is 17.0. The zero-order valence-corrected chi connectivity index (χ0v) is 18.6. The van der Waals surface area contributed by atoms with E-state index in [-0.39, 0.29) is 35.5 Å². The van der Waals surface area contributed by atoms with Crippen molar-refractivity contribution in [3.05, 3.63) is 20.8 Å². The monoisotopic (exact) mass is 425 g/mol. The minimum Gasteiger partial charge on any atom is -0.469 e. The average molecular weight is 426 g/mol. The second-order valence-corrected chi connectivity index (χ2v) is 9.13. The van der Waals surface area contributed by atoms with Crippen molar-refractivity contribution < 1.29 is 14.3 Å². The second-order valence-electron chi connectivity index (χ2n) is 6.99. The summed E-state index contributed by atoms with van der Waals surface area (Å²) >= 11 is 2.77. The molecule has 28 heavy (non-hydrogen) atoms. The van der Waals surface area contributed by atoms with Gasteiger partial charge in [0.25, 0.3) is 5.56 Å². The van der Waals surface area contributed by atoms with Gasteiger partial charge in [-0.15, -0.1) is 11.3 Å². The van der Waals surface area contributed by atoms with E-state index in [9.17, 15) is 14.4 Å². The first-order valence-corrected chi connectivity index (χ1v) is 11.0. The summed E-state index contributed by atoms with van der Waals surface area (Å²) in [5, 5.41) is 4.02. The maximum Gasteiger partial charge on any atom is 0.305 e. The molecule has 2 aromatic rings. The third-order valence-electron chi connectivity index (χ3n) is 4.24. The van der Waals surface area contributed by atoms with E-state index in [0.717, 1.165) is 15.3 Å². The van der Waals surface area contributed by atoms with Gasteiger partial charge in [-0.1, -0.05) is 25.6 Å². The number of carbonyl (C=O) groups is 2. The number of nitrogens with zero attached hydrogens (tertiary/aromatic N) is 2. The summed E-state index contributed by atoms with van der Waals surface area (Å²) in [7, 11) is 1.34. The summed E-state index contributed by atoms with van der Waals surface area (Å²) in [5.41, 5.74) is 0.941. The van der Waals surface area contributed by atoms with E-state index >= 15 is 0 Å². The number of methoxy groups -OCH3 is 1. The van der Waals surface area contributed by atoms with Crippen molar-refractivity contribution >= 4 is 45.2 Å². The number of hydrogen-bond donors (Lipinski definition) is 1. The Bertz CT molecular complexity index is 918. The molecule has 0 aliphatic carbocycles. The SMILES string of the molecule is COC(=O)CCCNC(=O)CSc1nc2sc(C)c(C)c2c(=O)n1CC(C)C. The number of aromatic nitrogens is 2. The minimum atomic E-state index is -0.291. The number of thiophene rings is 1. The molecule has 2 heterocycles. The average Bonchev–Trinajstić information content (AvgIpc) is 2.93. The Balaban J connectivity index is 2.11. The van der Waals surface area contributed by atoms with E-state index in [1.165, 1.54) is 30.2 Å². The Morgan fingerprint density at radius 2 is 2.04 bits per heavy atom. The molecule has 0 saturated carbocycles. The molecule has 1 amide bonds. The van der Waals surface area contributed by atoms with Gasteiger partial charge in [-0.25, -0.2) is 4.98 Å². The summed E-state index contributed by atoms with van der Waals surface area (Å²) in [4.78, 5) is 42.7.